The van der Waals surface area contributed by atoms with E-state index >= 15 is 0 Å². The van der Waals surface area contributed by atoms with Crippen LogP contribution in [0.3, 0.4) is 0 Å². The first-order valence-electron chi connectivity index (χ1n) is 10.6. The number of carbonyl (C=O) groups excluding carboxylic acids is 2. The number of fused-ring (bicyclic) bond motifs is 1. The predicted octanol–water partition coefficient (Wildman–Crippen LogP) is 2.94. The maximum atomic E-state index is 12.5. The van der Waals surface area contributed by atoms with Crippen LogP contribution in [0.25, 0.3) is 0 Å². The van der Waals surface area contributed by atoms with Crippen molar-refractivity contribution in [3.8, 4) is 5.75 Å². The normalized spacial score (nSPS) is 14.2. The van der Waals surface area contributed by atoms with Gasteiger partial charge in [0, 0.05) is 37.7 Å². The van der Waals surface area contributed by atoms with Gasteiger partial charge in [0.2, 0.25) is 0 Å². The Morgan fingerprint density at radius 2 is 1.81 bits per heavy atom. The van der Waals surface area contributed by atoms with E-state index in [4.69, 9.17) is 4.74 Å². The van der Waals surface area contributed by atoms with Gasteiger partial charge in [0.15, 0.2) is 0 Å². The number of carbonyl (C=O) groups is 2. The minimum absolute atomic E-state index is 0.0882. The number of aromatic nitrogens is 1. The highest BCUT2D eigenvalue weighted by Crippen LogP contribution is 2.27. The first-order chi connectivity index (χ1) is 15.6. The Labute approximate surface area is 187 Å². The zero-order valence-corrected chi connectivity index (χ0v) is 18.0. The van der Waals surface area contributed by atoms with Gasteiger partial charge in [-0.15, -0.1) is 0 Å². The Morgan fingerprint density at radius 1 is 1.03 bits per heavy atom. The van der Waals surface area contributed by atoms with E-state index in [0.29, 0.717) is 18.0 Å². The Bertz CT molecular complexity index is 1070. The SMILES string of the molecule is COc1ccc(NC(=O)C(=O)NC[C@H](c2cccnc2)N2CCc3ccccc3C2)cc1. The summed E-state index contributed by atoms with van der Waals surface area (Å²) in [4.78, 5) is 31.4. The summed E-state index contributed by atoms with van der Waals surface area (Å²) < 4.78 is 5.11. The Balaban J connectivity index is 1.42. The third-order valence-corrected chi connectivity index (χ3v) is 5.68. The van der Waals surface area contributed by atoms with Crippen LogP contribution in [0.1, 0.15) is 22.7 Å². The average Bonchev–Trinajstić information content (AvgIpc) is 2.85. The van der Waals surface area contributed by atoms with Crippen molar-refractivity contribution in [3.05, 3.63) is 89.7 Å². The third-order valence-electron chi connectivity index (χ3n) is 5.68. The monoisotopic (exact) mass is 430 g/mol. The van der Waals surface area contributed by atoms with Crippen LogP contribution in [0.15, 0.2) is 73.1 Å². The molecule has 0 saturated carbocycles. The lowest BCUT2D eigenvalue weighted by molar-refractivity contribution is -0.136. The second-order valence-corrected chi connectivity index (χ2v) is 7.68. The molecule has 7 nitrogen and oxygen atoms in total. The molecule has 7 heteroatoms. The fourth-order valence-electron chi connectivity index (χ4n) is 3.95. The van der Waals surface area contributed by atoms with Crippen LogP contribution in [0.2, 0.25) is 0 Å². The number of nitrogens with zero attached hydrogens (tertiary/aromatic N) is 2. The second-order valence-electron chi connectivity index (χ2n) is 7.68. The van der Waals surface area contributed by atoms with Crippen LogP contribution in [0.4, 0.5) is 5.69 Å². The van der Waals surface area contributed by atoms with Crippen molar-refractivity contribution >= 4 is 17.5 Å². The molecule has 0 saturated heterocycles. The van der Waals surface area contributed by atoms with E-state index in [1.54, 1.807) is 37.6 Å². The van der Waals surface area contributed by atoms with Crippen LogP contribution >= 0.6 is 0 Å². The lowest BCUT2D eigenvalue weighted by Gasteiger charge is -2.35. The van der Waals surface area contributed by atoms with Gasteiger partial charge in [-0.2, -0.15) is 0 Å². The van der Waals surface area contributed by atoms with Crippen LogP contribution in [0.5, 0.6) is 5.75 Å². The number of rotatable bonds is 6. The fraction of sp³-hybridized carbons (Fsp3) is 0.240. The highest BCUT2D eigenvalue weighted by Gasteiger charge is 2.26. The van der Waals surface area contributed by atoms with E-state index in [1.165, 1.54) is 11.1 Å². The van der Waals surface area contributed by atoms with Gasteiger partial charge < -0.3 is 15.4 Å². The topological polar surface area (TPSA) is 83.6 Å². The zero-order chi connectivity index (χ0) is 22.3. The molecule has 1 atom stereocenters. The van der Waals surface area contributed by atoms with Gasteiger partial charge in [-0.25, -0.2) is 0 Å². The summed E-state index contributed by atoms with van der Waals surface area (Å²) in [6, 6.07) is 19.0. The second kappa shape index (κ2) is 10.1. The maximum absolute atomic E-state index is 12.5. The van der Waals surface area contributed by atoms with Gasteiger partial charge in [-0.3, -0.25) is 19.5 Å². The van der Waals surface area contributed by atoms with Crippen molar-refractivity contribution in [2.75, 3.05) is 25.5 Å². The standard InChI is InChI=1S/C25H26N4O3/c1-32-22-10-8-21(9-11-22)28-25(31)24(30)27-16-23(19-7-4-13-26-15-19)29-14-12-18-5-2-3-6-20(18)17-29/h2-11,13,15,23H,12,14,16-17H2,1H3,(H,27,30)(H,28,31)/t23-/m1/s1. The van der Waals surface area contributed by atoms with E-state index in [9.17, 15) is 9.59 Å². The van der Waals surface area contributed by atoms with Gasteiger partial charge in [-0.1, -0.05) is 30.3 Å². The first-order valence-corrected chi connectivity index (χ1v) is 10.6. The average molecular weight is 431 g/mol. The van der Waals surface area contributed by atoms with Crippen LogP contribution in [-0.2, 0) is 22.6 Å². The molecule has 164 valence electrons. The molecular formula is C25H26N4O3. The number of ether oxygens (including phenoxy) is 1. The predicted molar refractivity (Wildman–Crippen MR) is 122 cm³/mol. The van der Waals surface area contributed by atoms with E-state index < -0.39 is 11.8 Å². The zero-order valence-electron chi connectivity index (χ0n) is 18.0. The van der Waals surface area contributed by atoms with Gasteiger partial charge in [0.25, 0.3) is 0 Å². The summed E-state index contributed by atoms with van der Waals surface area (Å²) in [5, 5.41) is 5.42. The summed E-state index contributed by atoms with van der Waals surface area (Å²) in [6.45, 7) is 1.96. The highest BCUT2D eigenvalue weighted by molar-refractivity contribution is 6.39. The Hall–Kier alpha value is -3.71. The van der Waals surface area contributed by atoms with Gasteiger partial charge in [-0.05, 0) is 53.4 Å². The molecule has 2 amide bonds. The van der Waals surface area contributed by atoms with Crippen molar-refractivity contribution in [2.24, 2.45) is 0 Å². The summed E-state index contributed by atoms with van der Waals surface area (Å²) in [6.07, 6.45) is 4.49. The molecule has 0 bridgehead atoms. The third kappa shape index (κ3) is 5.12. The summed E-state index contributed by atoms with van der Waals surface area (Å²) in [5.74, 6) is -0.703. The number of hydrogen-bond donors (Lipinski definition) is 2. The van der Waals surface area contributed by atoms with Crippen molar-refractivity contribution in [2.45, 2.75) is 19.0 Å². The molecule has 2 heterocycles. The number of pyridine rings is 1. The number of hydrogen-bond acceptors (Lipinski definition) is 5. The van der Waals surface area contributed by atoms with Crippen LogP contribution < -0.4 is 15.4 Å². The Morgan fingerprint density at radius 3 is 2.53 bits per heavy atom. The first kappa shape index (κ1) is 21.5. The van der Waals surface area contributed by atoms with Gasteiger partial charge >= 0.3 is 11.8 Å². The fourth-order valence-corrected chi connectivity index (χ4v) is 3.95. The molecule has 0 aliphatic carbocycles. The van der Waals surface area contributed by atoms with Crippen molar-refractivity contribution in [1.29, 1.82) is 0 Å². The molecule has 3 aromatic rings. The molecule has 0 fully saturated rings. The quantitative estimate of drug-likeness (QED) is 0.588. The summed E-state index contributed by atoms with van der Waals surface area (Å²) in [7, 11) is 1.57. The maximum Gasteiger partial charge on any atom is 0.313 e. The lowest BCUT2D eigenvalue weighted by atomic mass is 9.97. The van der Waals surface area contributed by atoms with Crippen molar-refractivity contribution < 1.29 is 14.3 Å². The lowest BCUT2D eigenvalue weighted by Crippen LogP contribution is -2.43. The molecule has 1 aromatic heterocycles. The molecule has 2 N–H and O–H groups in total. The van der Waals surface area contributed by atoms with E-state index in [2.05, 4.69) is 38.7 Å². The molecule has 0 radical (unpaired) electrons. The van der Waals surface area contributed by atoms with Crippen LogP contribution in [0, 0.1) is 0 Å². The highest BCUT2D eigenvalue weighted by atomic mass is 16.5. The molecule has 32 heavy (non-hydrogen) atoms. The summed E-state index contributed by atoms with van der Waals surface area (Å²) >= 11 is 0. The van der Waals surface area contributed by atoms with Gasteiger partial charge in [0.1, 0.15) is 5.75 Å². The van der Waals surface area contributed by atoms with E-state index in [-0.39, 0.29) is 6.04 Å². The molecule has 4 rings (SSSR count). The molecule has 1 aliphatic heterocycles. The molecular weight excluding hydrogens is 404 g/mol. The van der Waals surface area contributed by atoms with Crippen molar-refractivity contribution in [1.82, 2.24) is 15.2 Å². The number of benzene rings is 2. The Kier molecular flexibility index (Phi) is 6.77. The number of amides is 2. The van der Waals surface area contributed by atoms with E-state index in [0.717, 1.165) is 25.1 Å². The van der Waals surface area contributed by atoms with Gasteiger partial charge in [0.05, 0.1) is 13.2 Å². The van der Waals surface area contributed by atoms with E-state index in [1.807, 2.05) is 24.4 Å². The smallest absolute Gasteiger partial charge is 0.313 e. The summed E-state index contributed by atoms with van der Waals surface area (Å²) in [5.41, 5.74) is 4.18. The minimum atomic E-state index is -0.705. The molecule has 0 unspecified atom stereocenters. The molecule has 1 aliphatic rings. The largest absolute Gasteiger partial charge is 0.497 e. The molecule has 2 aromatic carbocycles. The number of anilines is 1. The molecule has 0 spiro atoms. The minimum Gasteiger partial charge on any atom is -0.497 e. The van der Waals surface area contributed by atoms with Crippen molar-refractivity contribution in [3.63, 3.8) is 0 Å². The van der Waals surface area contributed by atoms with Crippen LogP contribution in [-0.4, -0.2) is 41.9 Å². The number of methoxy groups -OCH3 is 1. The number of nitrogens with one attached hydrogen (secondary N) is 2.